The number of hydrogen-bond donors (Lipinski definition) is 2. The Balaban J connectivity index is 1.40. The molecule has 1 heterocycles. The van der Waals surface area contributed by atoms with E-state index in [1.807, 2.05) is 18.2 Å². The van der Waals surface area contributed by atoms with E-state index in [1.54, 1.807) is 43.3 Å². The maximum Gasteiger partial charge on any atom is 0.251 e. The zero-order valence-corrected chi connectivity index (χ0v) is 15.4. The van der Waals surface area contributed by atoms with Crippen molar-refractivity contribution in [3.63, 3.8) is 0 Å². The van der Waals surface area contributed by atoms with Crippen molar-refractivity contribution in [1.82, 2.24) is 15.5 Å². The molecule has 0 spiro atoms. The highest BCUT2D eigenvalue weighted by molar-refractivity contribution is 6.01. The molecule has 1 saturated carbocycles. The van der Waals surface area contributed by atoms with Crippen LogP contribution in [0.4, 0.5) is 5.69 Å². The van der Waals surface area contributed by atoms with Gasteiger partial charge in [-0.1, -0.05) is 35.5 Å². The van der Waals surface area contributed by atoms with Gasteiger partial charge in [0, 0.05) is 22.7 Å². The average Bonchev–Trinajstić information content (AvgIpc) is 3.45. The second kappa shape index (κ2) is 7.64. The van der Waals surface area contributed by atoms with Gasteiger partial charge in [-0.05, 0) is 44.0 Å². The van der Waals surface area contributed by atoms with Crippen LogP contribution in [0.1, 0.15) is 41.9 Å². The predicted molar refractivity (Wildman–Crippen MR) is 104 cm³/mol. The summed E-state index contributed by atoms with van der Waals surface area (Å²) in [6, 6.07) is 15.3. The van der Waals surface area contributed by atoms with Crippen LogP contribution in [0.15, 0.2) is 59.1 Å². The first-order chi connectivity index (χ1) is 13.6. The van der Waals surface area contributed by atoms with Crippen molar-refractivity contribution in [2.75, 3.05) is 5.32 Å². The van der Waals surface area contributed by atoms with Crippen molar-refractivity contribution in [2.45, 2.75) is 31.7 Å². The maximum atomic E-state index is 12.5. The second-order valence-electron chi connectivity index (χ2n) is 6.86. The standard InChI is InChI=1S/C21H20N4O3/c1-13(22-20(27)14-6-3-2-4-7-14)19(26)23-17-9-5-8-16(12-17)18-24-21(28-25-18)15-10-11-15/h2-9,12-13,15H,10-11H2,1H3,(H,22,27)(H,23,26). The Morgan fingerprint density at radius 3 is 2.64 bits per heavy atom. The summed E-state index contributed by atoms with van der Waals surface area (Å²) < 4.78 is 5.29. The summed E-state index contributed by atoms with van der Waals surface area (Å²) >= 11 is 0. The van der Waals surface area contributed by atoms with Crippen molar-refractivity contribution < 1.29 is 14.1 Å². The molecule has 2 N–H and O–H groups in total. The van der Waals surface area contributed by atoms with E-state index in [9.17, 15) is 9.59 Å². The molecule has 1 aliphatic rings. The van der Waals surface area contributed by atoms with Crippen LogP contribution in [0, 0.1) is 0 Å². The van der Waals surface area contributed by atoms with Gasteiger partial charge in [0.2, 0.25) is 17.6 Å². The van der Waals surface area contributed by atoms with Crippen molar-refractivity contribution >= 4 is 17.5 Å². The fourth-order valence-corrected chi connectivity index (χ4v) is 2.77. The Morgan fingerprint density at radius 2 is 1.89 bits per heavy atom. The molecule has 7 heteroatoms. The number of aromatic nitrogens is 2. The summed E-state index contributed by atoms with van der Waals surface area (Å²) in [5, 5.41) is 9.53. The number of nitrogens with one attached hydrogen (secondary N) is 2. The first kappa shape index (κ1) is 17.9. The number of nitrogens with zero attached hydrogens (tertiary/aromatic N) is 2. The number of amides is 2. The van der Waals surface area contributed by atoms with Gasteiger partial charge < -0.3 is 15.2 Å². The van der Waals surface area contributed by atoms with Crippen LogP contribution in [-0.4, -0.2) is 28.0 Å². The summed E-state index contributed by atoms with van der Waals surface area (Å²) in [6.07, 6.45) is 2.18. The number of hydrogen-bond acceptors (Lipinski definition) is 5. The van der Waals surface area contributed by atoms with Crippen LogP contribution in [0.5, 0.6) is 0 Å². The van der Waals surface area contributed by atoms with Crippen molar-refractivity contribution in [3.8, 4) is 11.4 Å². The zero-order valence-electron chi connectivity index (χ0n) is 15.4. The third-order valence-corrected chi connectivity index (χ3v) is 4.53. The van der Waals surface area contributed by atoms with Gasteiger partial charge in [0.1, 0.15) is 6.04 Å². The zero-order chi connectivity index (χ0) is 19.5. The summed E-state index contributed by atoms with van der Waals surface area (Å²) in [4.78, 5) is 29.1. The molecule has 142 valence electrons. The first-order valence-electron chi connectivity index (χ1n) is 9.21. The van der Waals surface area contributed by atoms with Gasteiger partial charge in [0.15, 0.2) is 0 Å². The van der Waals surface area contributed by atoms with Crippen molar-refractivity contribution in [2.24, 2.45) is 0 Å². The Kier molecular flexibility index (Phi) is 4.89. The Morgan fingerprint density at radius 1 is 1.11 bits per heavy atom. The Hall–Kier alpha value is -3.48. The van der Waals surface area contributed by atoms with Crippen molar-refractivity contribution in [1.29, 1.82) is 0 Å². The lowest BCUT2D eigenvalue weighted by Gasteiger charge is -2.14. The van der Waals surface area contributed by atoms with Crippen LogP contribution >= 0.6 is 0 Å². The summed E-state index contributed by atoms with van der Waals surface area (Å²) in [7, 11) is 0. The van der Waals surface area contributed by atoms with Crippen LogP contribution in [-0.2, 0) is 4.79 Å². The van der Waals surface area contributed by atoms with E-state index < -0.39 is 6.04 Å². The third-order valence-electron chi connectivity index (χ3n) is 4.53. The minimum absolute atomic E-state index is 0.295. The minimum atomic E-state index is -0.692. The molecule has 1 aliphatic carbocycles. The number of anilines is 1. The highest BCUT2D eigenvalue weighted by Gasteiger charge is 2.29. The molecule has 0 radical (unpaired) electrons. The predicted octanol–water partition coefficient (Wildman–Crippen LogP) is 3.37. The first-order valence-corrected chi connectivity index (χ1v) is 9.21. The Labute approximate surface area is 162 Å². The molecule has 1 aromatic heterocycles. The van der Waals surface area contributed by atoms with Gasteiger partial charge >= 0.3 is 0 Å². The maximum absolute atomic E-state index is 12.5. The van der Waals surface area contributed by atoms with E-state index in [4.69, 9.17) is 4.52 Å². The normalized spacial score (nSPS) is 14.3. The summed E-state index contributed by atoms with van der Waals surface area (Å²) in [5.74, 6) is 0.952. The van der Waals surface area contributed by atoms with Gasteiger partial charge in [-0.2, -0.15) is 4.98 Å². The van der Waals surface area contributed by atoms with E-state index in [0.717, 1.165) is 18.4 Å². The lowest BCUT2D eigenvalue weighted by atomic mass is 10.1. The fraction of sp³-hybridized carbons (Fsp3) is 0.238. The second-order valence-corrected chi connectivity index (χ2v) is 6.86. The molecule has 2 aromatic carbocycles. The van der Waals surface area contributed by atoms with E-state index in [-0.39, 0.29) is 11.8 Å². The highest BCUT2D eigenvalue weighted by atomic mass is 16.5. The topological polar surface area (TPSA) is 97.1 Å². The molecule has 2 amide bonds. The Bertz CT molecular complexity index is 996. The molecule has 7 nitrogen and oxygen atoms in total. The molecular formula is C21H20N4O3. The molecule has 0 aliphatic heterocycles. The van der Waals surface area contributed by atoms with Gasteiger partial charge in [-0.3, -0.25) is 9.59 Å². The third kappa shape index (κ3) is 4.09. The van der Waals surface area contributed by atoms with Crippen molar-refractivity contribution in [3.05, 3.63) is 66.1 Å². The van der Waals surface area contributed by atoms with Gasteiger partial charge in [0.05, 0.1) is 0 Å². The molecule has 0 bridgehead atoms. The highest BCUT2D eigenvalue weighted by Crippen LogP contribution is 2.39. The number of carbonyl (C=O) groups is 2. The monoisotopic (exact) mass is 376 g/mol. The van der Waals surface area contributed by atoms with Crippen LogP contribution in [0.3, 0.4) is 0 Å². The molecule has 1 unspecified atom stereocenters. The lowest BCUT2D eigenvalue weighted by Crippen LogP contribution is -2.41. The molecule has 28 heavy (non-hydrogen) atoms. The molecule has 3 aromatic rings. The molecule has 1 fully saturated rings. The average molecular weight is 376 g/mol. The quantitative estimate of drug-likeness (QED) is 0.687. The van der Waals surface area contributed by atoms with Crippen LogP contribution in [0.2, 0.25) is 0 Å². The fourth-order valence-electron chi connectivity index (χ4n) is 2.77. The molecular weight excluding hydrogens is 356 g/mol. The number of benzene rings is 2. The molecule has 4 rings (SSSR count). The van der Waals surface area contributed by atoms with Gasteiger partial charge in [-0.15, -0.1) is 0 Å². The van der Waals surface area contributed by atoms with Gasteiger partial charge in [0.25, 0.3) is 5.91 Å². The van der Waals surface area contributed by atoms with E-state index in [1.165, 1.54) is 0 Å². The molecule has 1 atom stereocenters. The lowest BCUT2D eigenvalue weighted by molar-refractivity contribution is -0.117. The van der Waals surface area contributed by atoms with Gasteiger partial charge in [-0.25, -0.2) is 0 Å². The van der Waals surface area contributed by atoms with E-state index >= 15 is 0 Å². The SMILES string of the molecule is CC(NC(=O)c1ccccc1)C(=O)Nc1cccc(-c2noc(C3CC3)n2)c1. The van der Waals surface area contributed by atoms with E-state index in [2.05, 4.69) is 20.8 Å². The summed E-state index contributed by atoms with van der Waals surface area (Å²) in [5.41, 5.74) is 1.86. The van der Waals surface area contributed by atoms with Crippen LogP contribution in [0.25, 0.3) is 11.4 Å². The molecule has 0 saturated heterocycles. The summed E-state index contributed by atoms with van der Waals surface area (Å²) in [6.45, 7) is 1.64. The largest absolute Gasteiger partial charge is 0.341 e. The number of rotatable bonds is 6. The number of carbonyl (C=O) groups excluding carboxylic acids is 2. The van der Waals surface area contributed by atoms with Crippen LogP contribution < -0.4 is 10.6 Å². The smallest absolute Gasteiger partial charge is 0.251 e. The minimum Gasteiger partial charge on any atom is -0.341 e. The van der Waals surface area contributed by atoms with E-state index in [0.29, 0.717) is 28.9 Å².